The van der Waals surface area contributed by atoms with Gasteiger partial charge in [0.05, 0.1) is 39.3 Å². The molecule has 0 unspecified atom stereocenters. The van der Waals surface area contributed by atoms with E-state index in [2.05, 4.69) is 21.0 Å². The van der Waals surface area contributed by atoms with Crippen LogP contribution in [0, 0.1) is 0 Å². The molecule has 0 atom stereocenters. The van der Waals surface area contributed by atoms with Gasteiger partial charge in [-0.2, -0.15) is 0 Å². The Hall–Kier alpha value is -1.96. The summed E-state index contributed by atoms with van der Waals surface area (Å²) >= 11 is 14.0. The fraction of sp³-hybridized carbons (Fsp3) is 0.333. The van der Waals surface area contributed by atoms with Gasteiger partial charge >= 0.3 is 6.09 Å². The second-order valence-electron chi connectivity index (χ2n) is 6.22. The molecule has 1 N–H and O–H groups in total. The van der Waals surface area contributed by atoms with Crippen LogP contribution in [0.15, 0.2) is 27.9 Å². The molecule has 1 aromatic carbocycles. The minimum atomic E-state index is -0.260. The van der Waals surface area contributed by atoms with E-state index in [1.54, 1.807) is 28.4 Å². The molecule has 142 valence electrons. The molecular weight excluding hydrogens is 407 g/mol. The van der Waals surface area contributed by atoms with Crippen molar-refractivity contribution in [3.8, 4) is 0 Å². The first-order valence-corrected chi connectivity index (χ1v) is 10.3. The molecule has 1 amide bonds. The third kappa shape index (κ3) is 3.59. The molecule has 4 rings (SSSR count). The van der Waals surface area contributed by atoms with Crippen LogP contribution in [-0.4, -0.2) is 54.5 Å². The van der Waals surface area contributed by atoms with Crippen molar-refractivity contribution in [2.24, 2.45) is 4.99 Å². The predicted molar refractivity (Wildman–Crippen MR) is 110 cm³/mol. The second-order valence-corrected chi connectivity index (χ2v) is 7.77. The van der Waals surface area contributed by atoms with E-state index in [1.807, 2.05) is 6.92 Å². The molecule has 0 spiro atoms. The van der Waals surface area contributed by atoms with E-state index >= 15 is 0 Å². The number of carbonyl (C=O) groups is 1. The topological polar surface area (TPSA) is 57.2 Å². The average Bonchev–Trinajstić information content (AvgIpc) is 3.06. The monoisotopic (exact) mass is 424 g/mol. The maximum absolute atomic E-state index is 11.9. The lowest BCUT2D eigenvalue weighted by Crippen LogP contribution is -2.50. The number of benzene rings is 1. The van der Waals surface area contributed by atoms with E-state index in [1.165, 1.54) is 0 Å². The van der Waals surface area contributed by atoms with Crippen molar-refractivity contribution in [1.82, 2.24) is 9.80 Å². The van der Waals surface area contributed by atoms with Crippen molar-refractivity contribution in [3.05, 3.63) is 38.5 Å². The Morgan fingerprint density at radius 1 is 1.19 bits per heavy atom. The van der Waals surface area contributed by atoms with Crippen LogP contribution in [0.4, 0.5) is 21.9 Å². The number of ether oxygens (including phenoxy) is 1. The Morgan fingerprint density at radius 2 is 1.93 bits per heavy atom. The fourth-order valence-corrected chi connectivity index (χ4v) is 4.25. The Morgan fingerprint density at radius 3 is 2.67 bits per heavy atom. The first-order chi connectivity index (χ1) is 13.1. The summed E-state index contributed by atoms with van der Waals surface area (Å²) in [6.45, 7) is 4.76. The molecule has 0 aliphatic carbocycles. The number of anilines is 2. The lowest BCUT2D eigenvalue weighted by atomic mass is 10.2. The van der Waals surface area contributed by atoms with Crippen LogP contribution >= 0.6 is 34.5 Å². The minimum absolute atomic E-state index is 0.260. The number of nitrogens with zero attached hydrogens (tertiary/aromatic N) is 3. The van der Waals surface area contributed by atoms with E-state index in [0.717, 1.165) is 28.5 Å². The van der Waals surface area contributed by atoms with Gasteiger partial charge in [0.1, 0.15) is 5.84 Å². The highest BCUT2D eigenvalue weighted by molar-refractivity contribution is 7.08. The number of fused-ring (bicyclic) bond motifs is 2. The minimum Gasteiger partial charge on any atom is -0.450 e. The maximum Gasteiger partial charge on any atom is 0.409 e. The molecule has 1 saturated heterocycles. The summed E-state index contributed by atoms with van der Waals surface area (Å²) < 4.78 is 5.10. The number of hydrogen-bond donors (Lipinski definition) is 1. The van der Waals surface area contributed by atoms with E-state index in [9.17, 15) is 4.79 Å². The Bertz CT molecular complexity index is 907. The van der Waals surface area contributed by atoms with Crippen molar-refractivity contribution in [2.75, 3.05) is 38.1 Å². The van der Waals surface area contributed by atoms with Crippen LogP contribution in [-0.2, 0) is 4.74 Å². The molecule has 9 heteroatoms. The van der Waals surface area contributed by atoms with Crippen LogP contribution in [0.2, 0.25) is 10.0 Å². The highest BCUT2D eigenvalue weighted by atomic mass is 35.5. The standard InChI is InChI=1S/C18H18Cl2N4O2S/c1-2-26-18(25)24-5-3-23(4-6-24)17-11-9-27-10-16(11)21-14-7-12(19)13(20)8-15(14)22-17/h7-10,21H,2-6H2,1H3. The summed E-state index contributed by atoms with van der Waals surface area (Å²) in [7, 11) is 0. The Labute approximate surface area is 171 Å². The van der Waals surface area contributed by atoms with E-state index in [-0.39, 0.29) is 6.09 Å². The number of piperazine rings is 1. The zero-order valence-electron chi connectivity index (χ0n) is 14.7. The third-order valence-corrected chi connectivity index (χ3v) is 6.01. The number of aliphatic imine (C=N–C) groups is 1. The molecule has 1 aromatic heterocycles. The molecule has 2 aromatic rings. The summed E-state index contributed by atoms with van der Waals surface area (Å²) in [6.07, 6.45) is -0.260. The number of hydrogen-bond acceptors (Lipinski definition) is 6. The number of amidine groups is 1. The molecule has 1 fully saturated rings. The number of thiophene rings is 1. The molecule has 0 bridgehead atoms. The van der Waals surface area contributed by atoms with Gasteiger partial charge in [-0.25, -0.2) is 9.79 Å². The zero-order chi connectivity index (χ0) is 19.0. The molecule has 0 radical (unpaired) electrons. The average molecular weight is 425 g/mol. The van der Waals surface area contributed by atoms with Crippen LogP contribution in [0.3, 0.4) is 0 Å². The third-order valence-electron chi connectivity index (χ3n) is 4.54. The van der Waals surface area contributed by atoms with Gasteiger partial charge in [-0.3, -0.25) is 0 Å². The number of halogens is 2. The van der Waals surface area contributed by atoms with Gasteiger partial charge in [0.2, 0.25) is 0 Å². The van der Waals surface area contributed by atoms with Gasteiger partial charge in [-0.05, 0) is 19.1 Å². The second kappa shape index (κ2) is 7.58. The number of amides is 1. The molecule has 6 nitrogen and oxygen atoms in total. The highest BCUT2D eigenvalue weighted by Crippen LogP contribution is 2.40. The number of carbonyl (C=O) groups excluding carboxylic acids is 1. The summed E-state index contributed by atoms with van der Waals surface area (Å²) in [5.41, 5.74) is 3.59. The van der Waals surface area contributed by atoms with Crippen molar-refractivity contribution < 1.29 is 9.53 Å². The maximum atomic E-state index is 11.9. The number of nitrogens with one attached hydrogen (secondary N) is 1. The molecule has 2 aliphatic rings. The van der Waals surface area contributed by atoms with E-state index in [0.29, 0.717) is 42.8 Å². The lowest BCUT2D eigenvalue weighted by molar-refractivity contribution is 0.0921. The van der Waals surface area contributed by atoms with Crippen LogP contribution < -0.4 is 5.32 Å². The summed E-state index contributed by atoms with van der Waals surface area (Å²) in [6, 6.07) is 3.57. The van der Waals surface area contributed by atoms with Crippen molar-refractivity contribution in [2.45, 2.75) is 6.92 Å². The summed E-state index contributed by atoms with van der Waals surface area (Å²) in [5.74, 6) is 0.874. The molecule has 3 heterocycles. The first-order valence-electron chi connectivity index (χ1n) is 8.64. The first kappa shape index (κ1) is 18.4. The van der Waals surface area contributed by atoms with Gasteiger partial charge in [-0.15, -0.1) is 11.3 Å². The molecular formula is C18H18Cl2N4O2S. The predicted octanol–water partition coefficient (Wildman–Crippen LogP) is 4.96. The van der Waals surface area contributed by atoms with Crippen molar-refractivity contribution >= 4 is 63.5 Å². The Kier molecular flexibility index (Phi) is 5.16. The molecule has 0 saturated carbocycles. The quantitative estimate of drug-likeness (QED) is 0.702. The smallest absolute Gasteiger partial charge is 0.409 e. The van der Waals surface area contributed by atoms with Crippen molar-refractivity contribution in [3.63, 3.8) is 0 Å². The molecule has 2 aliphatic heterocycles. The molecule has 27 heavy (non-hydrogen) atoms. The fourth-order valence-electron chi connectivity index (χ4n) is 3.17. The number of rotatable bonds is 1. The summed E-state index contributed by atoms with van der Waals surface area (Å²) in [4.78, 5) is 20.8. The summed E-state index contributed by atoms with van der Waals surface area (Å²) in [5, 5.41) is 8.49. The largest absolute Gasteiger partial charge is 0.450 e. The van der Waals surface area contributed by atoms with Crippen molar-refractivity contribution in [1.29, 1.82) is 0 Å². The lowest BCUT2D eigenvalue weighted by Gasteiger charge is -2.35. The van der Waals surface area contributed by atoms with Gasteiger partial charge < -0.3 is 19.9 Å². The zero-order valence-corrected chi connectivity index (χ0v) is 17.0. The highest BCUT2D eigenvalue weighted by Gasteiger charge is 2.28. The van der Waals surface area contributed by atoms with E-state index < -0.39 is 0 Å². The SMILES string of the molecule is CCOC(=O)N1CCN(C2=Nc3cc(Cl)c(Cl)cc3Nc3cscc32)CC1. The Balaban J connectivity index is 1.64. The van der Waals surface area contributed by atoms with Crippen LogP contribution in [0.25, 0.3) is 0 Å². The van der Waals surface area contributed by atoms with Crippen LogP contribution in [0.5, 0.6) is 0 Å². The van der Waals surface area contributed by atoms with Gasteiger partial charge in [0, 0.05) is 36.9 Å². The van der Waals surface area contributed by atoms with Gasteiger partial charge in [0.15, 0.2) is 0 Å². The van der Waals surface area contributed by atoms with Crippen LogP contribution in [0.1, 0.15) is 12.5 Å². The van der Waals surface area contributed by atoms with Gasteiger partial charge in [0.25, 0.3) is 0 Å². The van der Waals surface area contributed by atoms with E-state index in [4.69, 9.17) is 32.9 Å². The van der Waals surface area contributed by atoms with Gasteiger partial charge in [-0.1, -0.05) is 23.2 Å². The normalized spacial score (nSPS) is 16.0.